The number of aryl methyl sites for hydroxylation is 1. The zero-order valence-electron chi connectivity index (χ0n) is 12.7. The van der Waals surface area contributed by atoms with Gasteiger partial charge in [0.2, 0.25) is 0 Å². The van der Waals surface area contributed by atoms with Crippen LogP contribution in [0.1, 0.15) is 10.4 Å². The molecule has 0 fully saturated rings. The molecule has 0 spiro atoms. The van der Waals surface area contributed by atoms with Crippen LogP contribution >= 0.6 is 27.7 Å². The van der Waals surface area contributed by atoms with Crippen LogP contribution in [0.25, 0.3) is 11.3 Å². The van der Waals surface area contributed by atoms with Gasteiger partial charge in [0.05, 0.1) is 11.4 Å². The number of anilines is 1. The van der Waals surface area contributed by atoms with E-state index < -0.39 is 0 Å². The Morgan fingerprint density at radius 2 is 2.08 bits per heavy atom. The van der Waals surface area contributed by atoms with E-state index in [-0.39, 0.29) is 5.91 Å². The van der Waals surface area contributed by atoms with Gasteiger partial charge in [-0.15, -0.1) is 0 Å². The lowest BCUT2D eigenvalue weighted by Crippen LogP contribution is -2.12. The van der Waals surface area contributed by atoms with Crippen molar-refractivity contribution in [2.45, 2.75) is 11.7 Å². The predicted molar refractivity (Wildman–Crippen MR) is 100 cm³/mol. The summed E-state index contributed by atoms with van der Waals surface area (Å²) >= 11 is 5.16. The number of carbonyl (C=O) groups is 1. The molecule has 1 aromatic heterocycles. The number of carbonyl (C=O) groups excluding carboxylic acids is 1. The number of fused-ring (bicyclic) bond motifs is 1. The lowest BCUT2D eigenvalue weighted by atomic mass is 10.1. The standard InChI is InChI=1S/C18H14BrN3OS/c19-13-5-3-4-12(10-13)17(23)20-15-7-2-1-6-14(15)16-11-22-8-9-24-18(22)21-16/h1-7,10-11H,8-9H2,(H,20,23). The van der Waals surface area contributed by atoms with Crippen molar-refractivity contribution in [2.24, 2.45) is 0 Å². The van der Waals surface area contributed by atoms with E-state index in [0.717, 1.165) is 38.9 Å². The Bertz CT molecular complexity index is 901. The number of thioether (sulfide) groups is 1. The van der Waals surface area contributed by atoms with Gasteiger partial charge in [-0.2, -0.15) is 0 Å². The molecule has 2 heterocycles. The van der Waals surface area contributed by atoms with E-state index in [1.165, 1.54) is 0 Å². The number of hydrogen-bond acceptors (Lipinski definition) is 3. The van der Waals surface area contributed by atoms with Crippen LogP contribution in [-0.4, -0.2) is 21.2 Å². The van der Waals surface area contributed by atoms with Gasteiger partial charge < -0.3 is 9.88 Å². The van der Waals surface area contributed by atoms with Crippen LogP contribution in [0.5, 0.6) is 0 Å². The number of nitrogens with zero attached hydrogens (tertiary/aromatic N) is 2. The van der Waals surface area contributed by atoms with Crippen molar-refractivity contribution < 1.29 is 4.79 Å². The van der Waals surface area contributed by atoms with Crippen molar-refractivity contribution in [2.75, 3.05) is 11.1 Å². The number of benzene rings is 2. The van der Waals surface area contributed by atoms with Gasteiger partial charge in [-0.1, -0.05) is 52.0 Å². The molecule has 0 atom stereocenters. The Morgan fingerprint density at radius 3 is 2.92 bits per heavy atom. The van der Waals surface area contributed by atoms with Crippen molar-refractivity contribution in [3.63, 3.8) is 0 Å². The van der Waals surface area contributed by atoms with Gasteiger partial charge in [-0.05, 0) is 24.3 Å². The van der Waals surface area contributed by atoms with E-state index in [0.29, 0.717) is 5.56 Å². The summed E-state index contributed by atoms with van der Waals surface area (Å²) in [6, 6.07) is 15.1. The molecular formula is C18H14BrN3OS. The fourth-order valence-electron chi connectivity index (χ4n) is 2.68. The second-order valence-corrected chi connectivity index (χ2v) is 7.44. The van der Waals surface area contributed by atoms with Gasteiger partial charge in [0.15, 0.2) is 5.16 Å². The second kappa shape index (κ2) is 6.45. The summed E-state index contributed by atoms with van der Waals surface area (Å²) in [7, 11) is 0. The van der Waals surface area contributed by atoms with E-state index in [2.05, 4.69) is 37.0 Å². The van der Waals surface area contributed by atoms with Crippen molar-refractivity contribution >= 4 is 39.3 Å². The maximum atomic E-state index is 12.5. The average Bonchev–Trinajstić information content (AvgIpc) is 3.17. The van der Waals surface area contributed by atoms with Gasteiger partial charge in [0, 0.05) is 34.1 Å². The third-order valence-corrected chi connectivity index (χ3v) is 5.31. The molecule has 1 aliphatic rings. The van der Waals surface area contributed by atoms with Crippen molar-refractivity contribution in [3.8, 4) is 11.3 Å². The summed E-state index contributed by atoms with van der Waals surface area (Å²) < 4.78 is 3.04. The molecule has 0 radical (unpaired) electrons. The minimum absolute atomic E-state index is 0.134. The zero-order valence-corrected chi connectivity index (χ0v) is 15.1. The van der Waals surface area contributed by atoms with E-state index in [9.17, 15) is 4.79 Å². The summed E-state index contributed by atoms with van der Waals surface area (Å²) in [6.45, 7) is 0.986. The fourth-order valence-corrected chi connectivity index (χ4v) is 4.02. The SMILES string of the molecule is O=C(Nc1ccccc1-c1cn2c(n1)SCC2)c1cccc(Br)c1. The third kappa shape index (κ3) is 2.99. The molecule has 0 unspecified atom stereocenters. The monoisotopic (exact) mass is 399 g/mol. The van der Waals surface area contributed by atoms with E-state index >= 15 is 0 Å². The number of para-hydroxylation sites is 1. The second-order valence-electron chi connectivity index (χ2n) is 5.46. The first kappa shape index (κ1) is 15.5. The number of amides is 1. The Labute approximate surface area is 152 Å². The number of hydrogen-bond donors (Lipinski definition) is 1. The lowest BCUT2D eigenvalue weighted by molar-refractivity contribution is 0.102. The normalized spacial score (nSPS) is 12.9. The molecular weight excluding hydrogens is 386 g/mol. The molecule has 3 aromatic rings. The summed E-state index contributed by atoms with van der Waals surface area (Å²) in [5.74, 6) is 0.939. The van der Waals surface area contributed by atoms with Gasteiger partial charge >= 0.3 is 0 Å². The smallest absolute Gasteiger partial charge is 0.255 e. The molecule has 24 heavy (non-hydrogen) atoms. The largest absolute Gasteiger partial charge is 0.325 e. The number of rotatable bonds is 3. The Kier molecular flexibility index (Phi) is 4.16. The average molecular weight is 400 g/mol. The third-order valence-electron chi connectivity index (χ3n) is 3.84. The van der Waals surface area contributed by atoms with E-state index in [4.69, 9.17) is 0 Å². The Morgan fingerprint density at radius 1 is 1.21 bits per heavy atom. The molecule has 0 saturated carbocycles. The number of aromatic nitrogens is 2. The van der Waals surface area contributed by atoms with Crippen molar-refractivity contribution in [1.82, 2.24) is 9.55 Å². The Balaban J connectivity index is 1.65. The van der Waals surface area contributed by atoms with Gasteiger partial charge in [0.25, 0.3) is 5.91 Å². The minimum Gasteiger partial charge on any atom is -0.325 e. The summed E-state index contributed by atoms with van der Waals surface area (Å²) in [5, 5.41) is 4.04. The maximum Gasteiger partial charge on any atom is 0.255 e. The van der Waals surface area contributed by atoms with Crippen LogP contribution in [0.3, 0.4) is 0 Å². The van der Waals surface area contributed by atoms with Crippen LogP contribution in [0.2, 0.25) is 0 Å². The molecule has 0 saturated heterocycles. The fraction of sp³-hybridized carbons (Fsp3) is 0.111. The highest BCUT2D eigenvalue weighted by Crippen LogP contribution is 2.32. The molecule has 0 bridgehead atoms. The highest BCUT2D eigenvalue weighted by atomic mass is 79.9. The van der Waals surface area contributed by atoms with Crippen LogP contribution in [0.15, 0.2) is 64.4 Å². The first-order chi connectivity index (χ1) is 11.7. The van der Waals surface area contributed by atoms with Crippen LogP contribution in [-0.2, 0) is 6.54 Å². The molecule has 4 rings (SSSR count). The molecule has 1 aliphatic heterocycles. The minimum atomic E-state index is -0.134. The topological polar surface area (TPSA) is 46.9 Å². The molecule has 2 aromatic carbocycles. The first-order valence-corrected chi connectivity index (χ1v) is 9.35. The predicted octanol–water partition coefficient (Wildman–Crippen LogP) is 4.67. The van der Waals surface area contributed by atoms with Crippen molar-refractivity contribution in [3.05, 3.63) is 64.8 Å². The van der Waals surface area contributed by atoms with E-state index in [1.807, 2.05) is 36.4 Å². The molecule has 1 amide bonds. The number of imidazole rings is 1. The zero-order chi connectivity index (χ0) is 16.5. The summed E-state index contributed by atoms with van der Waals surface area (Å²) in [6.07, 6.45) is 2.05. The van der Waals surface area contributed by atoms with Gasteiger partial charge in [0.1, 0.15) is 0 Å². The molecule has 6 heteroatoms. The molecule has 120 valence electrons. The van der Waals surface area contributed by atoms with Crippen LogP contribution in [0, 0.1) is 0 Å². The highest BCUT2D eigenvalue weighted by Gasteiger charge is 2.17. The molecule has 1 N–H and O–H groups in total. The highest BCUT2D eigenvalue weighted by molar-refractivity contribution is 9.10. The maximum absolute atomic E-state index is 12.5. The molecule has 4 nitrogen and oxygen atoms in total. The number of nitrogens with one attached hydrogen (secondary N) is 1. The lowest BCUT2D eigenvalue weighted by Gasteiger charge is -2.10. The van der Waals surface area contributed by atoms with Gasteiger partial charge in [-0.25, -0.2) is 4.98 Å². The van der Waals surface area contributed by atoms with Crippen LogP contribution in [0.4, 0.5) is 5.69 Å². The van der Waals surface area contributed by atoms with Gasteiger partial charge in [-0.3, -0.25) is 4.79 Å². The Hall–Kier alpha value is -2.05. The number of halogens is 1. The van der Waals surface area contributed by atoms with E-state index in [1.54, 1.807) is 23.9 Å². The quantitative estimate of drug-likeness (QED) is 0.695. The molecule has 0 aliphatic carbocycles. The summed E-state index contributed by atoms with van der Waals surface area (Å²) in [5.41, 5.74) is 3.21. The van der Waals surface area contributed by atoms with Crippen LogP contribution < -0.4 is 5.32 Å². The first-order valence-electron chi connectivity index (χ1n) is 7.57. The summed E-state index contributed by atoms with van der Waals surface area (Å²) in [4.78, 5) is 17.2. The van der Waals surface area contributed by atoms with Crippen molar-refractivity contribution in [1.29, 1.82) is 0 Å².